The van der Waals surface area contributed by atoms with E-state index in [4.69, 9.17) is 64.2 Å². The molecule has 2 atom stereocenters. The molecule has 0 N–H and O–H groups in total. The summed E-state index contributed by atoms with van der Waals surface area (Å²) in [5.41, 5.74) is 0. The molecule has 0 aromatic rings. The Labute approximate surface area is 924 Å². The first-order valence-corrected chi connectivity index (χ1v) is 59.2. The lowest BCUT2D eigenvalue weighted by molar-refractivity contribution is 0.516. The first kappa shape index (κ1) is 176. The van der Waals surface area contributed by atoms with E-state index in [1.165, 1.54) is 225 Å². The summed E-state index contributed by atoms with van der Waals surface area (Å²) in [5, 5.41) is 0. The Kier molecular flexibility index (Phi) is 203. The van der Waals surface area contributed by atoms with Gasteiger partial charge in [-0.1, -0.05) is 451 Å². The third kappa shape index (κ3) is 301. The Bertz CT molecular complexity index is 3340. The number of terminal acetylenes is 10. The molecule has 0 heteroatoms. The van der Waals surface area contributed by atoms with Gasteiger partial charge in [0, 0.05) is 143 Å². The molecular weight excluding hydrogens is 1740 g/mol. The van der Waals surface area contributed by atoms with Crippen molar-refractivity contribution < 1.29 is 0 Å². The minimum absolute atomic E-state index is 0.412. The predicted octanol–water partition coefficient (Wildman–Crippen LogP) is 44.8. The van der Waals surface area contributed by atoms with Crippen LogP contribution in [0.15, 0.2) is 0 Å². The second kappa shape index (κ2) is 167. The minimum atomic E-state index is 0.412. The van der Waals surface area contributed by atoms with Crippen LogP contribution in [0.25, 0.3) is 0 Å². The zero-order chi connectivity index (χ0) is 116. The van der Waals surface area contributed by atoms with Crippen molar-refractivity contribution in [2.75, 3.05) is 0 Å². The Hall–Kier alpha value is -7.48. The van der Waals surface area contributed by atoms with Crippen LogP contribution in [0, 0.1) is 319 Å². The van der Waals surface area contributed by atoms with Gasteiger partial charge in [-0.15, -0.1) is 206 Å². The molecule has 836 valence electrons. The molecule has 0 aliphatic heterocycles. The van der Waals surface area contributed by atoms with Gasteiger partial charge in [-0.05, 0) is 131 Å². The van der Waals surface area contributed by atoms with Crippen molar-refractivity contribution >= 4 is 0 Å². The number of hydrogen-bond acceptors (Lipinski definition) is 0. The summed E-state index contributed by atoms with van der Waals surface area (Å²) in [6, 6.07) is 0. The molecule has 0 aromatic carbocycles. The molecule has 0 spiro atoms. The maximum atomic E-state index is 5.16. The molecule has 0 unspecified atom stereocenters. The normalized spacial score (nSPS) is 9.59. The highest BCUT2D eigenvalue weighted by Gasteiger charge is 2.02. The van der Waals surface area contributed by atoms with Crippen molar-refractivity contribution in [1.82, 2.24) is 0 Å². The minimum Gasteiger partial charge on any atom is -0.120 e. The summed E-state index contributed by atoms with van der Waals surface area (Å²) in [7, 11) is 0. The van der Waals surface area contributed by atoms with Crippen LogP contribution in [-0.2, 0) is 0 Å². The highest BCUT2D eigenvalue weighted by molar-refractivity contribution is 5.05. The summed E-state index contributed by atoms with van der Waals surface area (Å²) < 4.78 is 0. The van der Waals surface area contributed by atoms with E-state index in [-0.39, 0.29) is 0 Å². The van der Waals surface area contributed by atoms with Gasteiger partial charge in [0.25, 0.3) is 0 Å². The molecule has 0 aromatic heterocycles. The topological polar surface area (TPSA) is 0 Å². The average Bonchev–Trinajstić information content (AvgIpc) is 1.04. The SMILES string of the molecule is C#CC(C)C.C#CCC(C)C.C#CCCC(C)C.C#CCCCC(C)C.C#CCCCCC(C)C.C#CCCCCCC(C)C.C#CCCCCCCC(C)C.C#CCCCCCCCC(C)C.C#C[C@@H](C)C(C)C.C#C[C@H](C)C(C)C.CC#CC(C)C.CCC#CC(C)C.CCCC#CC(C)C.CCCCC#CC(C)C.CCCCCC#CC(C)C.CCCCCCC#CC(C)C.CCCCCCCC#CC(C)C. The fourth-order valence-electron chi connectivity index (χ4n) is 10.1. The van der Waals surface area contributed by atoms with E-state index in [0.717, 1.165) is 125 Å². The monoisotopic (exact) mass is 2000 g/mol. The van der Waals surface area contributed by atoms with Gasteiger partial charge in [0.15, 0.2) is 0 Å². The maximum Gasteiger partial charge on any atom is 0.0194 e. The van der Waals surface area contributed by atoms with E-state index in [2.05, 4.69) is 419 Å². The Morgan fingerprint density at radius 2 is 0.372 bits per heavy atom. The van der Waals surface area contributed by atoms with E-state index < -0.39 is 0 Å². The van der Waals surface area contributed by atoms with Crippen LogP contribution in [0.5, 0.6) is 0 Å². The van der Waals surface area contributed by atoms with Gasteiger partial charge < -0.3 is 0 Å². The van der Waals surface area contributed by atoms with E-state index in [1.807, 2.05) is 20.8 Å². The average molecular weight is 2000 g/mol. The second-order valence-electron chi connectivity index (χ2n) is 43.7. The zero-order valence-electron chi connectivity index (χ0n) is 106. The van der Waals surface area contributed by atoms with E-state index >= 15 is 0 Å². The number of rotatable bonds is 45. The van der Waals surface area contributed by atoms with Gasteiger partial charge in [-0.3, -0.25) is 0 Å². The van der Waals surface area contributed by atoms with Gasteiger partial charge in [-0.25, -0.2) is 0 Å². The number of hydrogen-bond donors (Lipinski definition) is 0. The highest BCUT2D eigenvalue weighted by Crippen LogP contribution is 2.15. The lowest BCUT2D eigenvalue weighted by atomic mass is 10.00. The molecule has 0 bridgehead atoms. The van der Waals surface area contributed by atoms with Gasteiger partial charge in [0.1, 0.15) is 0 Å². The molecule has 0 saturated carbocycles. The Morgan fingerprint density at radius 3 is 0.566 bits per heavy atom. The molecule has 0 fully saturated rings. The third-order valence-corrected chi connectivity index (χ3v) is 19.7. The van der Waals surface area contributed by atoms with Crippen molar-refractivity contribution in [3.05, 3.63) is 0 Å². The smallest absolute Gasteiger partial charge is 0.0194 e. The van der Waals surface area contributed by atoms with E-state index in [1.54, 1.807) is 0 Å². The van der Waals surface area contributed by atoms with Crippen molar-refractivity contribution in [3.8, 4) is 206 Å². The van der Waals surface area contributed by atoms with Crippen molar-refractivity contribution in [2.24, 2.45) is 112 Å². The van der Waals surface area contributed by atoms with Crippen molar-refractivity contribution in [2.45, 2.75) is 612 Å². The highest BCUT2D eigenvalue weighted by atomic mass is 14.1. The molecule has 145 heavy (non-hydrogen) atoms. The molecule has 0 aliphatic carbocycles. The van der Waals surface area contributed by atoms with Gasteiger partial charge >= 0.3 is 0 Å². The van der Waals surface area contributed by atoms with Crippen LogP contribution in [-0.4, -0.2) is 0 Å². The molecule has 0 amide bonds. The summed E-state index contributed by atoms with van der Waals surface area (Å²) in [6.45, 7) is 92.4. The van der Waals surface area contributed by atoms with Crippen molar-refractivity contribution in [3.63, 3.8) is 0 Å². The van der Waals surface area contributed by atoms with Crippen LogP contribution in [0.1, 0.15) is 612 Å². The van der Waals surface area contributed by atoms with E-state index in [0.29, 0.717) is 76.9 Å². The lowest BCUT2D eigenvalue weighted by Crippen LogP contribution is -1.98. The zero-order valence-corrected chi connectivity index (χ0v) is 106. The number of unbranched alkanes of at least 4 members (excludes halogenated alkanes) is 30. The lowest BCUT2D eigenvalue weighted by Gasteiger charge is -2.04. The quantitative estimate of drug-likeness (QED) is 0.0421. The first-order chi connectivity index (χ1) is 68.4. The third-order valence-electron chi connectivity index (χ3n) is 19.7. The molecule has 0 heterocycles. The predicted molar refractivity (Wildman–Crippen MR) is 679 cm³/mol. The standard InChI is InChI=1S/2C12H22.2C11H20.2C10H18.2C9H16.2C8H14.4C7H12.2C6H10.C5H8/c2*1-4-5-6-7-8-9-10-11-12(2)3;2*1-4-5-6-7-8-9-10-11(2)3;2*1-4-5-6-7-8-9-10(2)3;2*1-4-5-6-7-8-9(2)3;2*1-4-5-6-7-8(2)3;2*1-5-7(4)6(2)3;2*1-4-5-6-7(2)3;2*1-4-5-6(2)3;1-4-5(2)3/h12H,4-9H2,1-3H3;1,12H,5-11H2,2-3H3;11H,4-8H2,1-3H3;1,11H,5-10H2,2-3H3;10H,4-7H2,1-3H3;1,10H,5-9H2,2-3H3;9H,4-6H2,1-3H3;1,9H,5-8H2,2-3H3;8H,4-5H2,1-3H3;1,8H,5-7H2,2-3H3;2*1,6-7H,2-4H3;7H,4H2,1-3H3;1,7H,5-6H2,2-3H3;6H,1-3H3;1,6H,5H2,2-3H3;1,5H,2-3H3/t;;;;;;;;;;2*7-;;;;;/m..........10...../s1. The van der Waals surface area contributed by atoms with E-state index in [9.17, 15) is 0 Å². The second-order valence-corrected chi connectivity index (χ2v) is 43.7. The molecule has 0 saturated heterocycles. The van der Waals surface area contributed by atoms with Crippen LogP contribution in [0.4, 0.5) is 0 Å². The van der Waals surface area contributed by atoms with Crippen LogP contribution < -0.4 is 0 Å². The summed E-state index contributed by atoms with van der Waals surface area (Å²) in [5.74, 6) is 81.6. The molecular formula is C145H256. The van der Waals surface area contributed by atoms with Gasteiger partial charge in [0.05, 0.1) is 0 Å². The summed E-state index contributed by atoms with van der Waals surface area (Å²) in [4.78, 5) is 0. The fraction of sp³-hybridized carbons (Fsp3) is 0.766. The summed E-state index contributed by atoms with van der Waals surface area (Å²) >= 11 is 0. The Balaban J connectivity index is -0.0000000804. The van der Waals surface area contributed by atoms with Crippen LogP contribution >= 0.6 is 0 Å². The summed E-state index contributed by atoms with van der Waals surface area (Å²) in [6.07, 6.45) is 111. The largest absolute Gasteiger partial charge is 0.120 e. The first-order valence-electron chi connectivity index (χ1n) is 59.2. The fourth-order valence-corrected chi connectivity index (χ4v) is 10.1. The molecule has 0 nitrogen and oxygen atoms in total. The van der Waals surface area contributed by atoms with Crippen molar-refractivity contribution in [1.29, 1.82) is 0 Å². The molecule has 0 aliphatic rings. The van der Waals surface area contributed by atoms with Crippen LogP contribution in [0.3, 0.4) is 0 Å². The van der Waals surface area contributed by atoms with Crippen LogP contribution in [0.2, 0.25) is 0 Å². The van der Waals surface area contributed by atoms with Gasteiger partial charge in [0.2, 0.25) is 0 Å². The van der Waals surface area contributed by atoms with Gasteiger partial charge in [-0.2, -0.15) is 0 Å². The maximum absolute atomic E-state index is 5.16. The molecule has 0 radical (unpaired) electrons. The Morgan fingerprint density at radius 1 is 0.166 bits per heavy atom. The molecule has 0 rings (SSSR count).